The van der Waals surface area contributed by atoms with Gasteiger partial charge in [-0.05, 0) is 87.3 Å². The van der Waals surface area contributed by atoms with Crippen LogP contribution in [-0.4, -0.2) is 0 Å². The Balaban J connectivity index is 1.31. The molecule has 218 valence electrons. The van der Waals surface area contributed by atoms with Gasteiger partial charge in [-0.15, -0.1) is 0 Å². The standard InChI is InChI=1S/C43H35NO/c1-26-12-10-15-33-34-16-11-19-39(41(34)45-40(26)33)44(27-20-22-31-29-13-6-8-17-35(29)42(2,3)37(31)24-27)28-21-23-32-30-14-7-9-18-36(30)43(4,5)38(32)25-28/h6-25H,1-5H3. The van der Waals surface area contributed by atoms with Gasteiger partial charge in [0, 0.05) is 33.0 Å². The van der Waals surface area contributed by atoms with Gasteiger partial charge in [0.15, 0.2) is 5.58 Å². The Hall–Kier alpha value is -5.08. The van der Waals surface area contributed by atoms with E-state index >= 15 is 0 Å². The van der Waals surface area contributed by atoms with Crippen molar-refractivity contribution in [1.29, 1.82) is 0 Å². The summed E-state index contributed by atoms with van der Waals surface area (Å²) >= 11 is 0. The van der Waals surface area contributed by atoms with E-state index in [-0.39, 0.29) is 10.8 Å². The Kier molecular flexibility index (Phi) is 5.26. The van der Waals surface area contributed by atoms with Crippen molar-refractivity contribution in [2.24, 2.45) is 0 Å². The third-order valence-corrected chi connectivity index (χ3v) is 10.6. The third kappa shape index (κ3) is 3.51. The van der Waals surface area contributed by atoms with Crippen molar-refractivity contribution >= 4 is 39.0 Å². The molecule has 0 spiro atoms. The molecular weight excluding hydrogens is 546 g/mol. The lowest BCUT2D eigenvalue weighted by Gasteiger charge is -2.29. The van der Waals surface area contributed by atoms with Gasteiger partial charge in [-0.2, -0.15) is 0 Å². The van der Waals surface area contributed by atoms with Gasteiger partial charge in [-0.25, -0.2) is 0 Å². The number of nitrogens with zero attached hydrogens (tertiary/aromatic N) is 1. The number of furan rings is 1. The second kappa shape index (κ2) is 8.99. The van der Waals surface area contributed by atoms with E-state index in [1.165, 1.54) is 44.5 Å². The fraction of sp³-hybridized carbons (Fsp3) is 0.163. The van der Waals surface area contributed by atoms with Crippen LogP contribution in [0.5, 0.6) is 0 Å². The molecule has 0 saturated heterocycles. The number of hydrogen-bond acceptors (Lipinski definition) is 2. The molecule has 1 aromatic heterocycles. The highest BCUT2D eigenvalue weighted by Crippen LogP contribution is 2.53. The van der Waals surface area contributed by atoms with Crippen molar-refractivity contribution in [2.45, 2.75) is 45.4 Å². The highest BCUT2D eigenvalue weighted by atomic mass is 16.3. The fourth-order valence-electron chi connectivity index (χ4n) is 8.21. The molecule has 2 heteroatoms. The van der Waals surface area contributed by atoms with Gasteiger partial charge >= 0.3 is 0 Å². The molecule has 0 atom stereocenters. The molecule has 6 aromatic carbocycles. The number of rotatable bonds is 3. The Morgan fingerprint density at radius 1 is 0.467 bits per heavy atom. The van der Waals surface area contributed by atoms with Gasteiger partial charge in [0.05, 0.1) is 5.69 Å². The normalized spacial score (nSPS) is 15.1. The predicted molar refractivity (Wildman–Crippen MR) is 188 cm³/mol. The third-order valence-electron chi connectivity index (χ3n) is 10.6. The maximum absolute atomic E-state index is 6.77. The largest absolute Gasteiger partial charge is 0.454 e. The summed E-state index contributed by atoms with van der Waals surface area (Å²) in [7, 11) is 0. The first-order valence-corrected chi connectivity index (χ1v) is 15.9. The van der Waals surface area contributed by atoms with E-state index in [0.29, 0.717) is 0 Å². The molecular formula is C43H35NO. The smallest absolute Gasteiger partial charge is 0.159 e. The van der Waals surface area contributed by atoms with E-state index < -0.39 is 0 Å². The van der Waals surface area contributed by atoms with E-state index in [9.17, 15) is 0 Å². The van der Waals surface area contributed by atoms with Crippen molar-refractivity contribution in [3.8, 4) is 22.3 Å². The molecule has 2 aliphatic rings. The summed E-state index contributed by atoms with van der Waals surface area (Å²) in [5, 5.41) is 2.29. The number of anilines is 3. The Morgan fingerprint density at radius 3 is 1.53 bits per heavy atom. The van der Waals surface area contributed by atoms with Crippen molar-refractivity contribution in [1.82, 2.24) is 0 Å². The van der Waals surface area contributed by atoms with Gasteiger partial charge in [-0.1, -0.05) is 119 Å². The molecule has 45 heavy (non-hydrogen) atoms. The van der Waals surface area contributed by atoms with Crippen LogP contribution in [0.15, 0.2) is 126 Å². The van der Waals surface area contributed by atoms with Crippen molar-refractivity contribution in [3.63, 3.8) is 0 Å². The van der Waals surface area contributed by atoms with E-state index in [1.54, 1.807) is 0 Å². The molecule has 2 nitrogen and oxygen atoms in total. The summed E-state index contributed by atoms with van der Waals surface area (Å²) in [5.41, 5.74) is 16.9. The minimum Gasteiger partial charge on any atom is -0.454 e. The number of fused-ring (bicyclic) bond motifs is 9. The SMILES string of the molecule is Cc1cccc2c1oc1c(N(c3ccc4c(c3)C(C)(C)c3ccccc3-4)c3ccc4c(c3)C(C)(C)c3ccccc3-4)cccc12. The molecule has 2 aliphatic carbocycles. The Bertz CT molecular complexity index is 2240. The quantitative estimate of drug-likeness (QED) is 0.206. The van der Waals surface area contributed by atoms with Gasteiger partial charge in [0.2, 0.25) is 0 Å². The first kappa shape index (κ1) is 26.3. The second-order valence-electron chi connectivity index (χ2n) is 13.8. The zero-order valence-electron chi connectivity index (χ0n) is 26.4. The number of para-hydroxylation sites is 2. The molecule has 0 aliphatic heterocycles. The number of benzene rings is 6. The summed E-state index contributed by atoms with van der Waals surface area (Å²) in [4.78, 5) is 2.42. The highest BCUT2D eigenvalue weighted by molar-refractivity contribution is 6.11. The first-order chi connectivity index (χ1) is 21.7. The van der Waals surface area contributed by atoms with Gasteiger partial charge in [-0.3, -0.25) is 0 Å². The molecule has 0 amide bonds. The maximum atomic E-state index is 6.77. The van der Waals surface area contributed by atoms with Crippen LogP contribution in [0.2, 0.25) is 0 Å². The van der Waals surface area contributed by atoms with E-state index in [0.717, 1.165) is 44.6 Å². The lowest BCUT2D eigenvalue weighted by Crippen LogP contribution is -2.18. The van der Waals surface area contributed by atoms with Crippen molar-refractivity contribution in [3.05, 3.63) is 149 Å². The molecule has 0 fully saturated rings. The predicted octanol–water partition coefficient (Wildman–Crippen LogP) is 12.0. The fourth-order valence-corrected chi connectivity index (χ4v) is 8.21. The van der Waals surface area contributed by atoms with Gasteiger partial charge in [0.25, 0.3) is 0 Å². The average molecular weight is 582 g/mol. The summed E-state index contributed by atoms with van der Waals surface area (Å²) < 4.78 is 6.77. The minimum absolute atomic E-state index is 0.0995. The van der Waals surface area contributed by atoms with Gasteiger partial charge in [0.1, 0.15) is 5.58 Å². The van der Waals surface area contributed by atoms with Crippen LogP contribution >= 0.6 is 0 Å². The van der Waals surface area contributed by atoms with Crippen LogP contribution in [0, 0.1) is 6.92 Å². The van der Waals surface area contributed by atoms with Crippen molar-refractivity contribution < 1.29 is 4.42 Å². The number of hydrogen-bond donors (Lipinski definition) is 0. The molecule has 1 heterocycles. The molecule has 0 bridgehead atoms. The van der Waals surface area contributed by atoms with Crippen LogP contribution in [-0.2, 0) is 10.8 Å². The molecule has 9 rings (SSSR count). The first-order valence-electron chi connectivity index (χ1n) is 15.9. The summed E-state index contributed by atoms with van der Waals surface area (Å²) in [5.74, 6) is 0. The lowest BCUT2D eigenvalue weighted by atomic mass is 9.82. The molecule has 0 radical (unpaired) electrons. The highest BCUT2D eigenvalue weighted by Gasteiger charge is 2.38. The molecule has 0 N–H and O–H groups in total. The molecule has 0 unspecified atom stereocenters. The molecule has 7 aromatic rings. The Labute approximate surface area is 264 Å². The van der Waals surface area contributed by atoms with Crippen LogP contribution in [0.25, 0.3) is 44.2 Å². The summed E-state index contributed by atoms with van der Waals surface area (Å²) in [6.07, 6.45) is 0. The van der Waals surface area contributed by atoms with Crippen molar-refractivity contribution in [2.75, 3.05) is 4.90 Å². The average Bonchev–Trinajstić information content (AvgIpc) is 3.63. The lowest BCUT2D eigenvalue weighted by molar-refractivity contribution is 0.659. The van der Waals surface area contributed by atoms with Crippen LogP contribution < -0.4 is 4.90 Å². The van der Waals surface area contributed by atoms with Crippen LogP contribution in [0.3, 0.4) is 0 Å². The molecule has 0 saturated carbocycles. The minimum atomic E-state index is -0.0995. The summed E-state index contributed by atoms with van der Waals surface area (Å²) in [6, 6.07) is 44.7. The van der Waals surface area contributed by atoms with Crippen LogP contribution in [0.4, 0.5) is 17.1 Å². The van der Waals surface area contributed by atoms with E-state index in [2.05, 4.69) is 161 Å². The number of aryl methyl sites for hydroxylation is 1. The second-order valence-corrected chi connectivity index (χ2v) is 13.8. The van der Waals surface area contributed by atoms with Crippen LogP contribution in [0.1, 0.15) is 55.5 Å². The van der Waals surface area contributed by atoms with E-state index in [4.69, 9.17) is 4.42 Å². The maximum Gasteiger partial charge on any atom is 0.159 e. The topological polar surface area (TPSA) is 16.4 Å². The van der Waals surface area contributed by atoms with E-state index in [1.807, 2.05) is 0 Å². The summed E-state index contributed by atoms with van der Waals surface area (Å²) in [6.45, 7) is 11.5. The Morgan fingerprint density at radius 2 is 0.956 bits per heavy atom. The zero-order chi connectivity index (χ0) is 30.7. The van der Waals surface area contributed by atoms with Gasteiger partial charge < -0.3 is 9.32 Å². The monoisotopic (exact) mass is 581 g/mol. The zero-order valence-corrected chi connectivity index (χ0v) is 26.4.